The van der Waals surface area contributed by atoms with Gasteiger partial charge in [0.15, 0.2) is 5.79 Å². The average molecular weight is 459 g/mol. The number of unbranched alkanes of at least 4 members (excludes halogenated alkanes) is 19. The van der Waals surface area contributed by atoms with Gasteiger partial charge >= 0.3 is 0 Å². The van der Waals surface area contributed by atoms with Gasteiger partial charge in [-0.2, -0.15) is 0 Å². The van der Waals surface area contributed by atoms with Crippen LogP contribution in [0.1, 0.15) is 162 Å². The molecule has 0 saturated carbocycles. The lowest BCUT2D eigenvalue weighted by Crippen LogP contribution is -2.33. The molecule has 0 aromatic rings. The van der Waals surface area contributed by atoms with Gasteiger partial charge in [-0.3, -0.25) is 4.39 Å². The van der Waals surface area contributed by atoms with Crippen LogP contribution in [0.2, 0.25) is 0 Å². The summed E-state index contributed by atoms with van der Waals surface area (Å²) < 4.78 is 24.2. The number of rotatable bonds is 27. The van der Waals surface area contributed by atoms with Crippen molar-refractivity contribution in [1.29, 1.82) is 0 Å². The second-order valence-corrected chi connectivity index (χ2v) is 9.93. The lowest BCUT2D eigenvalue weighted by Gasteiger charge is -2.30. The molecule has 0 bridgehead atoms. The van der Waals surface area contributed by atoms with Crippen molar-refractivity contribution in [2.24, 2.45) is 0 Å². The van der Waals surface area contributed by atoms with Crippen molar-refractivity contribution >= 4 is 0 Å². The van der Waals surface area contributed by atoms with E-state index in [2.05, 4.69) is 20.8 Å². The maximum absolute atomic E-state index is 12.1. The van der Waals surface area contributed by atoms with Crippen molar-refractivity contribution in [1.82, 2.24) is 0 Å². The van der Waals surface area contributed by atoms with Crippen molar-refractivity contribution < 1.29 is 13.9 Å². The third-order valence-electron chi connectivity index (χ3n) is 6.62. The van der Waals surface area contributed by atoms with Crippen molar-refractivity contribution in [3.63, 3.8) is 0 Å². The Morgan fingerprint density at radius 2 is 0.906 bits per heavy atom. The monoisotopic (exact) mass is 458 g/mol. The first-order valence-corrected chi connectivity index (χ1v) is 14.5. The molecule has 0 rings (SSSR count). The number of alkyl halides is 1. The molecule has 32 heavy (non-hydrogen) atoms. The van der Waals surface area contributed by atoms with Crippen LogP contribution in [0.5, 0.6) is 0 Å². The molecule has 194 valence electrons. The Hall–Kier alpha value is -0.150. The second kappa shape index (κ2) is 25.5. The fourth-order valence-electron chi connectivity index (χ4n) is 4.50. The number of halogens is 1. The molecule has 0 amide bonds. The van der Waals surface area contributed by atoms with Gasteiger partial charge in [0, 0.05) is 13.0 Å². The summed E-state index contributed by atoms with van der Waals surface area (Å²) in [6, 6.07) is 0. The molecule has 0 aliphatic carbocycles. The molecule has 0 saturated heterocycles. The summed E-state index contributed by atoms with van der Waals surface area (Å²) in [6.07, 6.45) is 28.1. The minimum atomic E-state index is -0.404. The Kier molecular flexibility index (Phi) is 25.4. The van der Waals surface area contributed by atoms with Crippen LogP contribution < -0.4 is 0 Å². The van der Waals surface area contributed by atoms with Crippen molar-refractivity contribution in [2.45, 2.75) is 168 Å². The van der Waals surface area contributed by atoms with Gasteiger partial charge in [-0.15, -0.1) is 0 Å². The number of hydrogen-bond acceptors (Lipinski definition) is 2. The Bertz CT molecular complexity index is 350. The maximum Gasteiger partial charge on any atom is 0.165 e. The SMILES string of the molecule is CCCCCCCCCCCCCCCC(C)(OCC)OCCCCCCCCCCF. The van der Waals surface area contributed by atoms with Crippen LogP contribution in [0.3, 0.4) is 0 Å². The molecular formula is C29H59FO2. The van der Waals surface area contributed by atoms with Gasteiger partial charge in [0.05, 0.1) is 13.3 Å². The summed E-state index contributed by atoms with van der Waals surface area (Å²) in [6.45, 7) is 7.84. The minimum Gasteiger partial charge on any atom is -0.351 e. The summed E-state index contributed by atoms with van der Waals surface area (Å²) in [7, 11) is 0. The zero-order valence-corrected chi connectivity index (χ0v) is 22.4. The molecule has 0 N–H and O–H groups in total. The van der Waals surface area contributed by atoms with E-state index >= 15 is 0 Å². The number of hydrogen-bond donors (Lipinski definition) is 0. The Morgan fingerprint density at radius 3 is 1.34 bits per heavy atom. The van der Waals surface area contributed by atoms with Crippen LogP contribution in [0.25, 0.3) is 0 Å². The van der Waals surface area contributed by atoms with E-state index in [0.717, 1.165) is 32.3 Å². The highest BCUT2D eigenvalue weighted by Gasteiger charge is 2.24. The van der Waals surface area contributed by atoms with E-state index in [-0.39, 0.29) is 6.67 Å². The van der Waals surface area contributed by atoms with Gasteiger partial charge in [-0.25, -0.2) is 0 Å². The van der Waals surface area contributed by atoms with E-state index in [4.69, 9.17) is 9.47 Å². The molecule has 2 nitrogen and oxygen atoms in total. The lowest BCUT2D eigenvalue weighted by atomic mass is 10.0. The summed E-state index contributed by atoms with van der Waals surface area (Å²) >= 11 is 0. The molecule has 0 heterocycles. The predicted octanol–water partition coefficient (Wildman–Crippen LogP) is 10.3. The van der Waals surface area contributed by atoms with E-state index in [9.17, 15) is 4.39 Å². The third-order valence-corrected chi connectivity index (χ3v) is 6.62. The molecule has 0 radical (unpaired) electrons. The van der Waals surface area contributed by atoms with Crippen LogP contribution >= 0.6 is 0 Å². The fraction of sp³-hybridized carbons (Fsp3) is 1.00. The van der Waals surface area contributed by atoms with Crippen LogP contribution in [-0.4, -0.2) is 25.7 Å². The molecule has 3 heteroatoms. The highest BCUT2D eigenvalue weighted by atomic mass is 19.1. The van der Waals surface area contributed by atoms with Gasteiger partial charge in [0.2, 0.25) is 0 Å². The molecule has 0 spiro atoms. The highest BCUT2D eigenvalue weighted by molar-refractivity contribution is 4.64. The van der Waals surface area contributed by atoms with Gasteiger partial charge in [-0.1, -0.05) is 122 Å². The minimum absolute atomic E-state index is 0.157. The normalized spacial score (nSPS) is 13.5. The van der Waals surface area contributed by atoms with Crippen molar-refractivity contribution in [2.75, 3.05) is 19.9 Å². The molecule has 0 aromatic carbocycles. The molecular weight excluding hydrogens is 399 g/mol. The maximum atomic E-state index is 12.1. The van der Waals surface area contributed by atoms with E-state index in [1.54, 1.807) is 0 Å². The standard InChI is InChI=1S/C29H59FO2/c1-4-6-7-8-9-10-11-12-13-14-17-20-23-26-29(3,31-5-2)32-28-25-22-19-16-15-18-21-24-27-30/h4-28H2,1-3H3. The summed E-state index contributed by atoms with van der Waals surface area (Å²) in [4.78, 5) is 0. The largest absolute Gasteiger partial charge is 0.351 e. The third kappa shape index (κ3) is 23.0. The van der Waals surface area contributed by atoms with Gasteiger partial charge in [0.25, 0.3) is 0 Å². The van der Waals surface area contributed by atoms with Gasteiger partial charge in [0.1, 0.15) is 0 Å². The lowest BCUT2D eigenvalue weighted by molar-refractivity contribution is -0.228. The zero-order valence-electron chi connectivity index (χ0n) is 22.4. The van der Waals surface area contributed by atoms with Crippen LogP contribution in [0, 0.1) is 0 Å². The second-order valence-electron chi connectivity index (χ2n) is 9.93. The van der Waals surface area contributed by atoms with E-state index in [0.29, 0.717) is 6.61 Å². The van der Waals surface area contributed by atoms with E-state index in [1.165, 1.54) is 116 Å². The first-order valence-electron chi connectivity index (χ1n) is 14.5. The highest BCUT2D eigenvalue weighted by Crippen LogP contribution is 2.23. The van der Waals surface area contributed by atoms with Gasteiger partial charge in [-0.05, 0) is 33.1 Å². The quantitative estimate of drug-likeness (QED) is 0.0900. The number of ether oxygens (including phenoxy) is 2. The molecule has 1 atom stereocenters. The predicted molar refractivity (Wildman–Crippen MR) is 139 cm³/mol. The summed E-state index contributed by atoms with van der Waals surface area (Å²) in [5.41, 5.74) is 0. The summed E-state index contributed by atoms with van der Waals surface area (Å²) in [5, 5.41) is 0. The van der Waals surface area contributed by atoms with Crippen LogP contribution in [-0.2, 0) is 9.47 Å². The molecule has 0 aliphatic heterocycles. The van der Waals surface area contributed by atoms with E-state index in [1.807, 2.05) is 0 Å². The first kappa shape index (κ1) is 31.9. The van der Waals surface area contributed by atoms with Crippen molar-refractivity contribution in [3.8, 4) is 0 Å². The smallest absolute Gasteiger partial charge is 0.165 e. The summed E-state index contributed by atoms with van der Waals surface area (Å²) in [5.74, 6) is -0.404. The topological polar surface area (TPSA) is 18.5 Å². The fourth-order valence-corrected chi connectivity index (χ4v) is 4.50. The van der Waals surface area contributed by atoms with E-state index < -0.39 is 5.79 Å². The molecule has 0 aliphatic rings. The molecule has 0 fully saturated rings. The Balaban J connectivity index is 3.56. The van der Waals surface area contributed by atoms with Crippen LogP contribution in [0.4, 0.5) is 4.39 Å². The van der Waals surface area contributed by atoms with Crippen LogP contribution in [0.15, 0.2) is 0 Å². The first-order chi connectivity index (χ1) is 15.7. The zero-order chi connectivity index (χ0) is 23.6. The van der Waals surface area contributed by atoms with Crippen molar-refractivity contribution in [3.05, 3.63) is 0 Å². The Labute approximate surface area is 201 Å². The van der Waals surface area contributed by atoms with Gasteiger partial charge < -0.3 is 9.47 Å². The Morgan fingerprint density at radius 1 is 0.500 bits per heavy atom. The average Bonchev–Trinajstić information content (AvgIpc) is 2.78. The molecule has 1 unspecified atom stereocenters. The molecule has 0 aromatic heterocycles.